The number of aryl methyl sites for hydroxylation is 1. The van der Waals surface area contributed by atoms with E-state index in [1.807, 2.05) is 56.3 Å². The van der Waals surface area contributed by atoms with E-state index in [4.69, 9.17) is 11.6 Å². The van der Waals surface area contributed by atoms with Gasteiger partial charge in [-0.05, 0) is 53.5 Å². The van der Waals surface area contributed by atoms with Crippen molar-refractivity contribution in [3.05, 3.63) is 63.6 Å². The molecule has 1 amide bonds. The summed E-state index contributed by atoms with van der Waals surface area (Å²) in [6.07, 6.45) is 0. The summed E-state index contributed by atoms with van der Waals surface area (Å²) < 4.78 is 0.775. The number of alkyl halides is 1. The van der Waals surface area contributed by atoms with E-state index >= 15 is 0 Å². The van der Waals surface area contributed by atoms with Crippen LogP contribution in [0.4, 0.5) is 5.69 Å². The molecule has 0 aliphatic rings. The summed E-state index contributed by atoms with van der Waals surface area (Å²) in [6.45, 7) is 3.84. The number of para-hydroxylation sites is 1. The van der Waals surface area contributed by atoms with Crippen LogP contribution in [0, 0.1) is 6.92 Å². The minimum atomic E-state index is -0.160. The monoisotopic (exact) mass is 351 g/mol. The number of hydrogen-bond donors (Lipinski definition) is 1. The van der Waals surface area contributed by atoms with E-state index in [2.05, 4.69) is 21.2 Å². The van der Waals surface area contributed by atoms with Crippen LogP contribution in [0.25, 0.3) is 0 Å². The van der Waals surface area contributed by atoms with Crippen molar-refractivity contribution in [3.8, 4) is 0 Å². The van der Waals surface area contributed by atoms with E-state index in [1.54, 1.807) is 0 Å². The topological polar surface area (TPSA) is 29.1 Å². The van der Waals surface area contributed by atoms with Gasteiger partial charge in [-0.2, -0.15) is 0 Å². The Bertz CT molecular complexity index is 640. The predicted octanol–water partition coefficient (Wildman–Crippen LogP) is 5.31. The molecular weight excluding hydrogens is 338 g/mol. The zero-order valence-corrected chi connectivity index (χ0v) is 13.6. The van der Waals surface area contributed by atoms with Crippen LogP contribution in [0.2, 0.25) is 0 Å². The molecule has 20 heavy (non-hydrogen) atoms. The van der Waals surface area contributed by atoms with E-state index < -0.39 is 0 Å². The summed E-state index contributed by atoms with van der Waals surface area (Å²) in [5.41, 5.74) is 3.30. The molecule has 0 aliphatic heterocycles. The van der Waals surface area contributed by atoms with E-state index in [0.717, 1.165) is 21.3 Å². The van der Waals surface area contributed by atoms with Crippen molar-refractivity contribution < 1.29 is 4.79 Å². The number of carbonyl (C=O) groups is 1. The van der Waals surface area contributed by atoms with Crippen molar-refractivity contribution in [2.75, 3.05) is 5.32 Å². The third-order valence-electron chi connectivity index (χ3n) is 3.00. The Morgan fingerprint density at radius 1 is 1.25 bits per heavy atom. The Kier molecular flexibility index (Phi) is 4.84. The highest BCUT2D eigenvalue weighted by Gasteiger charge is 2.14. The highest BCUT2D eigenvalue weighted by Crippen LogP contribution is 2.28. The number of benzene rings is 2. The Balaban J connectivity index is 2.31. The first kappa shape index (κ1) is 15.1. The van der Waals surface area contributed by atoms with Crippen LogP contribution >= 0.6 is 27.5 Å². The molecule has 0 saturated heterocycles. The van der Waals surface area contributed by atoms with Crippen LogP contribution in [0.5, 0.6) is 0 Å². The molecule has 104 valence electrons. The molecule has 1 unspecified atom stereocenters. The molecule has 2 nitrogen and oxygen atoms in total. The molecule has 1 atom stereocenters. The Morgan fingerprint density at radius 3 is 2.65 bits per heavy atom. The molecule has 4 heteroatoms. The van der Waals surface area contributed by atoms with Crippen LogP contribution in [0.3, 0.4) is 0 Å². The maximum Gasteiger partial charge on any atom is 0.256 e. The first-order chi connectivity index (χ1) is 9.49. The van der Waals surface area contributed by atoms with E-state index in [1.165, 1.54) is 0 Å². The van der Waals surface area contributed by atoms with Gasteiger partial charge in [-0.25, -0.2) is 0 Å². The molecule has 0 aromatic heterocycles. The second-order valence-electron chi connectivity index (χ2n) is 4.64. The number of amides is 1. The zero-order valence-electron chi connectivity index (χ0n) is 11.3. The highest BCUT2D eigenvalue weighted by molar-refractivity contribution is 9.10. The van der Waals surface area contributed by atoms with Gasteiger partial charge in [0, 0.05) is 10.2 Å². The number of anilines is 1. The van der Waals surface area contributed by atoms with Crippen LogP contribution in [-0.4, -0.2) is 5.91 Å². The minimum absolute atomic E-state index is 0.148. The molecule has 0 heterocycles. The van der Waals surface area contributed by atoms with Gasteiger partial charge in [0.15, 0.2) is 0 Å². The number of halogens is 2. The standard InChI is InChI=1S/C16H15BrClNO/c1-10-7-8-14(17)13(9-10)16(20)19-15-6-4-3-5-12(15)11(2)18/h3-9,11H,1-2H3,(H,19,20). The van der Waals surface area contributed by atoms with Crippen molar-refractivity contribution in [2.24, 2.45) is 0 Å². The molecule has 0 fully saturated rings. The molecule has 0 radical (unpaired) electrons. The molecule has 2 aromatic carbocycles. The number of nitrogens with one attached hydrogen (secondary N) is 1. The largest absolute Gasteiger partial charge is 0.322 e. The minimum Gasteiger partial charge on any atom is -0.322 e. The fourth-order valence-electron chi connectivity index (χ4n) is 1.96. The van der Waals surface area contributed by atoms with Crippen LogP contribution < -0.4 is 5.32 Å². The summed E-state index contributed by atoms with van der Waals surface area (Å²) >= 11 is 9.54. The summed E-state index contributed by atoms with van der Waals surface area (Å²) in [7, 11) is 0. The quantitative estimate of drug-likeness (QED) is 0.745. The van der Waals surface area contributed by atoms with Gasteiger partial charge in [-0.15, -0.1) is 11.6 Å². The lowest BCUT2D eigenvalue weighted by atomic mass is 10.1. The van der Waals surface area contributed by atoms with Crippen molar-refractivity contribution in [3.63, 3.8) is 0 Å². The van der Waals surface area contributed by atoms with Crippen LogP contribution in [-0.2, 0) is 0 Å². The first-order valence-electron chi connectivity index (χ1n) is 6.29. The molecule has 0 saturated carbocycles. The maximum atomic E-state index is 12.4. The molecular formula is C16H15BrClNO. The second kappa shape index (κ2) is 6.42. The predicted molar refractivity (Wildman–Crippen MR) is 87.5 cm³/mol. The van der Waals surface area contributed by atoms with Gasteiger partial charge in [0.2, 0.25) is 0 Å². The van der Waals surface area contributed by atoms with Gasteiger partial charge in [0.1, 0.15) is 0 Å². The Morgan fingerprint density at radius 2 is 1.95 bits per heavy atom. The summed E-state index contributed by atoms with van der Waals surface area (Å²) in [6, 6.07) is 13.2. The zero-order chi connectivity index (χ0) is 14.7. The van der Waals surface area contributed by atoms with Crippen LogP contribution in [0.15, 0.2) is 46.9 Å². The average molecular weight is 353 g/mol. The Hall–Kier alpha value is -1.32. The summed E-state index contributed by atoms with van der Waals surface area (Å²) in [5, 5.41) is 2.76. The Labute approximate surface area is 132 Å². The third-order valence-corrected chi connectivity index (χ3v) is 3.93. The number of carbonyl (C=O) groups excluding carboxylic acids is 1. The molecule has 2 rings (SSSR count). The molecule has 0 bridgehead atoms. The number of hydrogen-bond acceptors (Lipinski definition) is 1. The molecule has 2 aromatic rings. The number of rotatable bonds is 3. The van der Waals surface area contributed by atoms with Crippen molar-refractivity contribution in [1.29, 1.82) is 0 Å². The fourth-order valence-corrected chi connectivity index (χ4v) is 2.58. The summed E-state index contributed by atoms with van der Waals surface area (Å²) in [5.74, 6) is -0.148. The van der Waals surface area contributed by atoms with Crippen molar-refractivity contribution >= 4 is 39.1 Å². The lowest BCUT2D eigenvalue weighted by Crippen LogP contribution is -2.14. The van der Waals surface area contributed by atoms with Crippen molar-refractivity contribution in [2.45, 2.75) is 19.2 Å². The van der Waals surface area contributed by atoms with Gasteiger partial charge in [0.25, 0.3) is 5.91 Å². The summed E-state index contributed by atoms with van der Waals surface area (Å²) in [4.78, 5) is 12.4. The SMILES string of the molecule is Cc1ccc(Br)c(C(=O)Nc2ccccc2C(C)Cl)c1. The van der Waals surface area contributed by atoms with Gasteiger partial charge < -0.3 is 5.32 Å². The van der Waals surface area contributed by atoms with Gasteiger partial charge in [-0.3, -0.25) is 4.79 Å². The first-order valence-corrected chi connectivity index (χ1v) is 7.52. The van der Waals surface area contributed by atoms with Gasteiger partial charge in [-0.1, -0.05) is 29.8 Å². The third kappa shape index (κ3) is 3.41. The van der Waals surface area contributed by atoms with Gasteiger partial charge >= 0.3 is 0 Å². The molecule has 1 N–H and O–H groups in total. The molecule has 0 aliphatic carbocycles. The maximum absolute atomic E-state index is 12.4. The second-order valence-corrected chi connectivity index (χ2v) is 6.15. The lowest BCUT2D eigenvalue weighted by molar-refractivity contribution is 0.102. The van der Waals surface area contributed by atoms with E-state index in [-0.39, 0.29) is 11.3 Å². The lowest BCUT2D eigenvalue weighted by Gasteiger charge is -2.13. The van der Waals surface area contributed by atoms with Crippen LogP contribution in [0.1, 0.15) is 33.8 Å². The average Bonchev–Trinajstić information content (AvgIpc) is 2.41. The van der Waals surface area contributed by atoms with Gasteiger partial charge in [0.05, 0.1) is 10.9 Å². The fraction of sp³-hybridized carbons (Fsp3) is 0.188. The van der Waals surface area contributed by atoms with Crippen molar-refractivity contribution in [1.82, 2.24) is 0 Å². The van der Waals surface area contributed by atoms with E-state index in [0.29, 0.717) is 5.56 Å². The molecule has 0 spiro atoms. The highest BCUT2D eigenvalue weighted by atomic mass is 79.9. The normalized spacial score (nSPS) is 12.0. The van der Waals surface area contributed by atoms with E-state index in [9.17, 15) is 4.79 Å². The smallest absolute Gasteiger partial charge is 0.256 e.